The summed E-state index contributed by atoms with van der Waals surface area (Å²) in [4.78, 5) is 4.43. The van der Waals surface area contributed by atoms with E-state index in [9.17, 15) is 0 Å². The van der Waals surface area contributed by atoms with Crippen molar-refractivity contribution in [3.63, 3.8) is 0 Å². The van der Waals surface area contributed by atoms with E-state index < -0.39 is 0 Å². The number of aromatic nitrogens is 1. The van der Waals surface area contributed by atoms with Gasteiger partial charge in [0.1, 0.15) is 5.84 Å². The van der Waals surface area contributed by atoms with Gasteiger partial charge in [-0.25, -0.2) is 4.98 Å². The van der Waals surface area contributed by atoms with Gasteiger partial charge in [0.25, 0.3) is 0 Å². The first-order valence-electron chi connectivity index (χ1n) is 6.84. The van der Waals surface area contributed by atoms with Gasteiger partial charge in [0.05, 0.1) is 16.6 Å². The third kappa shape index (κ3) is 4.54. The number of aryl methyl sites for hydroxylation is 1. The number of nitrogens with one attached hydrogen (secondary N) is 1. The van der Waals surface area contributed by atoms with Crippen LogP contribution in [0.25, 0.3) is 0 Å². The maximum Gasteiger partial charge on any atom is 0.147 e. The molecule has 1 atom stereocenters. The summed E-state index contributed by atoms with van der Waals surface area (Å²) < 4.78 is 0. The second-order valence-corrected chi connectivity index (χ2v) is 5.86. The van der Waals surface area contributed by atoms with Crippen LogP contribution in [-0.4, -0.2) is 29.1 Å². The van der Waals surface area contributed by atoms with E-state index in [1.807, 2.05) is 37.3 Å². The van der Waals surface area contributed by atoms with Crippen molar-refractivity contribution in [3.05, 3.63) is 52.0 Å². The van der Waals surface area contributed by atoms with E-state index in [1.54, 1.807) is 11.3 Å². The molecule has 0 bridgehead atoms. The lowest BCUT2D eigenvalue weighted by Crippen LogP contribution is -2.32. The molecule has 112 valence electrons. The average molecular weight is 304 g/mol. The minimum Gasteiger partial charge on any atom is -0.409 e. The Morgan fingerprint density at radius 2 is 2.19 bits per heavy atom. The van der Waals surface area contributed by atoms with Gasteiger partial charge in [0.2, 0.25) is 0 Å². The van der Waals surface area contributed by atoms with Crippen molar-refractivity contribution in [3.8, 4) is 0 Å². The topological polar surface area (TPSA) is 83.5 Å². The molecule has 0 spiro atoms. The van der Waals surface area contributed by atoms with E-state index in [2.05, 4.69) is 20.8 Å². The summed E-state index contributed by atoms with van der Waals surface area (Å²) in [6.07, 6.45) is 0.877. The Labute approximate surface area is 128 Å². The molecule has 0 fully saturated rings. The molecule has 4 N–H and O–H groups in total. The van der Waals surface area contributed by atoms with Crippen LogP contribution >= 0.6 is 11.3 Å². The van der Waals surface area contributed by atoms with Gasteiger partial charge in [-0.05, 0) is 12.5 Å². The van der Waals surface area contributed by atoms with Crippen molar-refractivity contribution >= 4 is 17.2 Å². The summed E-state index contributed by atoms with van der Waals surface area (Å²) >= 11 is 1.66. The lowest BCUT2D eigenvalue weighted by molar-refractivity contribution is 0.315. The predicted octanol–water partition coefficient (Wildman–Crippen LogP) is 2.11. The zero-order chi connectivity index (χ0) is 15.1. The third-order valence-electron chi connectivity index (χ3n) is 3.25. The fourth-order valence-electron chi connectivity index (χ4n) is 2.13. The van der Waals surface area contributed by atoms with Crippen LogP contribution in [0.15, 0.2) is 40.9 Å². The van der Waals surface area contributed by atoms with Crippen LogP contribution in [0.5, 0.6) is 0 Å². The first kappa shape index (κ1) is 15.5. The van der Waals surface area contributed by atoms with Crippen molar-refractivity contribution in [2.24, 2.45) is 10.9 Å². The fourth-order valence-corrected chi connectivity index (χ4v) is 2.78. The van der Waals surface area contributed by atoms with Gasteiger partial charge in [-0.1, -0.05) is 35.5 Å². The lowest BCUT2D eigenvalue weighted by Gasteiger charge is -2.16. The summed E-state index contributed by atoms with van der Waals surface area (Å²) in [6.45, 7) is 3.44. The van der Waals surface area contributed by atoms with Gasteiger partial charge in [0.15, 0.2) is 0 Å². The minimum absolute atomic E-state index is 0.131. The summed E-state index contributed by atoms with van der Waals surface area (Å²) in [5.74, 6) is 0.0894. The van der Waals surface area contributed by atoms with Crippen LogP contribution in [0.3, 0.4) is 0 Å². The number of nitrogens with zero attached hydrogens (tertiary/aromatic N) is 2. The highest BCUT2D eigenvalue weighted by Gasteiger charge is 2.15. The van der Waals surface area contributed by atoms with E-state index in [0.717, 1.165) is 29.2 Å². The van der Waals surface area contributed by atoms with E-state index >= 15 is 0 Å². The highest BCUT2D eigenvalue weighted by molar-refractivity contribution is 7.09. The number of hydrogen-bond donors (Lipinski definition) is 3. The van der Waals surface area contributed by atoms with Gasteiger partial charge in [-0.15, -0.1) is 11.3 Å². The molecule has 0 aliphatic heterocycles. The molecule has 0 saturated heterocycles. The highest BCUT2D eigenvalue weighted by atomic mass is 32.1. The zero-order valence-corrected chi connectivity index (χ0v) is 12.8. The Kier molecular flexibility index (Phi) is 5.71. The summed E-state index contributed by atoms with van der Waals surface area (Å²) in [5, 5.41) is 18.6. The number of amidine groups is 1. The number of rotatable bonds is 7. The van der Waals surface area contributed by atoms with Crippen molar-refractivity contribution in [2.45, 2.75) is 19.3 Å². The number of oxime groups is 1. The van der Waals surface area contributed by atoms with Crippen molar-refractivity contribution in [1.82, 2.24) is 10.3 Å². The molecular formula is C15H20N4OS. The second kappa shape index (κ2) is 7.75. The maximum absolute atomic E-state index is 8.93. The monoisotopic (exact) mass is 304 g/mol. The van der Waals surface area contributed by atoms with E-state index in [-0.39, 0.29) is 11.8 Å². The lowest BCUT2D eigenvalue weighted by atomic mass is 9.98. The van der Waals surface area contributed by atoms with Crippen LogP contribution in [-0.2, 0) is 6.42 Å². The van der Waals surface area contributed by atoms with E-state index in [1.165, 1.54) is 0 Å². The molecule has 0 aliphatic carbocycles. The van der Waals surface area contributed by atoms with Crippen LogP contribution < -0.4 is 11.1 Å². The van der Waals surface area contributed by atoms with Crippen LogP contribution in [0.2, 0.25) is 0 Å². The van der Waals surface area contributed by atoms with Crippen molar-refractivity contribution in [2.75, 3.05) is 13.1 Å². The first-order chi connectivity index (χ1) is 10.2. The zero-order valence-electron chi connectivity index (χ0n) is 12.0. The largest absolute Gasteiger partial charge is 0.409 e. The molecule has 5 nitrogen and oxygen atoms in total. The molecule has 0 radical (unpaired) electrons. The molecule has 0 saturated carbocycles. The molecule has 1 aromatic carbocycles. The molecule has 0 aliphatic rings. The van der Waals surface area contributed by atoms with Gasteiger partial charge >= 0.3 is 0 Å². The minimum atomic E-state index is -0.131. The standard InChI is InChI=1S/C15H20N4OS/c1-11-18-13(10-21-11)7-8-17-9-14(15(16)19-20)12-5-3-2-4-6-12/h2-6,10,14,17,20H,7-9H2,1H3,(H2,16,19). The normalized spacial score (nSPS) is 13.3. The number of thiazole rings is 1. The molecular weight excluding hydrogens is 284 g/mol. The Balaban J connectivity index is 1.88. The number of nitrogens with two attached hydrogens (primary N) is 1. The first-order valence-corrected chi connectivity index (χ1v) is 7.72. The molecule has 2 rings (SSSR count). The predicted molar refractivity (Wildman–Crippen MR) is 86.0 cm³/mol. The average Bonchev–Trinajstić information content (AvgIpc) is 2.93. The SMILES string of the molecule is Cc1nc(CCNCC(/C(N)=N/O)c2ccccc2)cs1. The Bertz CT molecular complexity index is 582. The van der Waals surface area contributed by atoms with Crippen LogP contribution in [0.4, 0.5) is 0 Å². The summed E-state index contributed by atoms with van der Waals surface area (Å²) in [5.41, 5.74) is 7.93. The van der Waals surface area contributed by atoms with Crippen molar-refractivity contribution < 1.29 is 5.21 Å². The number of hydrogen-bond acceptors (Lipinski definition) is 5. The highest BCUT2D eigenvalue weighted by Crippen LogP contribution is 2.15. The molecule has 1 heterocycles. The van der Waals surface area contributed by atoms with Gasteiger partial charge in [0, 0.05) is 24.9 Å². The van der Waals surface area contributed by atoms with E-state index in [4.69, 9.17) is 10.9 Å². The molecule has 6 heteroatoms. The molecule has 2 aromatic rings. The molecule has 1 unspecified atom stereocenters. The Morgan fingerprint density at radius 3 is 2.81 bits per heavy atom. The van der Waals surface area contributed by atoms with Gasteiger partial charge in [-0.2, -0.15) is 0 Å². The van der Waals surface area contributed by atoms with Gasteiger partial charge < -0.3 is 16.3 Å². The maximum atomic E-state index is 8.93. The van der Waals surface area contributed by atoms with Gasteiger partial charge in [-0.3, -0.25) is 0 Å². The van der Waals surface area contributed by atoms with Crippen LogP contribution in [0, 0.1) is 6.92 Å². The summed E-state index contributed by atoms with van der Waals surface area (Å²) in [7, 11) is 0. The van der Waals surface area contributed by atoms with E-state index in [0.29, 0.717) is 6.54 Å². The third-order valence-corrected chi connectivity index (χ3v) is 4.07. The summed E-state index contributed by atoms with van der Waals surface area (Å²) in [6, 6.07) is 9.81. The second-order valence-electron chi connectivity index (χ2n) is 4.80. The van der Waals surface area contributed by atoms with Crippen LogP contribution in [0.1, 0.15) is 22.2 Å². The molecule has 1 aromatic heterocycles. The quantitative estimate of drug-likeness (QED) is 0.240. The molecule has 0 amide bonds. The molecule has 21 heavy (non-hydrogen) atoms. The Morgan fingerprint density at radius 1 is 1.43 bits per heavy atom. The van der Waals surface area contributed by atoms with Crippen molar-refractivity contribution in [1.29, 1.82) is 0 Å². The Hall–Kier alpha value is -1.92. The smallest absolute Gasteiger partial charge is 0.147 e. The number of benzene rings is 1. The fraction of sp³-hybridized carbons (Fsp3) is 0.333.